The molecule has 0 saturated carbocycles. The molecule has 96 valence electrons. The van der Waals surface area contributed by atoms with E-state index < -0.39 is 0 Å². The number of aryl methyl sites for hydroxylation is 2. The van der Waals surface area contributed by atoms with Crippen molar-refractivity contribution in [2.75, 3.05) is 6.54 Å². The fraction of sp³-hybridized carbons (Fsp3) is 0.545. The maximum absolute atomic E-state index is 6.25. The summed E-state index contributed by atoms with van der Waals surface area (Å²) in [6.45, 7) is 5.53. The smallest absolute Gasteiger partial charge is 0.147 e. The molecule has 0 atom stereocenters. The van der Waals surface area contributed by atoms with E-state index in [9.17, 15) is 0 Å². The van der Waals surface area contributed by atoms with Crippen molar-refractivity contribution < 1.29 is 0 Å². The largest absolute Gasteiger partial charge is 0.315 e. The van der Waals surface area contributed by atoms with E-state index in [1.807, 2.05) is 14.0 Å². The molecule has 0 aliphatic carbocycles. The van der Waals surface area contributed by atoms with Gasteiger partial charge in [0.15, 0.2) is 0 Å². The van der Waals surface area contributed by atoms with Gasteiger partial charge < -0.3 is 4.57 Å². The lowest BCUT2D eigenvalue weighted by Crippen LogP contribution is -2.33. The van der Waals surface area contributed by atoms with Gasteiger partial charge in [-0.05, 0) is 6.92 Å². The Labute approximate surface area is 110 Å². The molecule has 1 aliphatic rings. The molecule has 3 heterocycles. The van der Waals surface area contributed by atoms with Crippen molar-refractivity contribution in [1.82, 2.24) is 29.4 Å². The van der Waals surface area contributed by atoms with Crippen LogP contribution in [0.25, 0.3) is 0 Å². The number of halogens is 1. The maximum atomic E-state index is 6.25. The Morgan fingerprint density at radius 3 is 2.94 bits per heavy atom. The molecule has 18 heavy (non-hydrogen) atoms. The van der Waals surface area contributed by atoms with Crippen LogP contribution < -0.4 is 0 Å². The lowest BCUT2D eigenvalue weighted by atomic mass is 10.2. The first-order valence-corrected chi connectivity index (χ1v) is 6.30. The zero-order chi connectivity index (χ0) is 12.7. The highest BCUT2D eigenvalue weighted by atomic mass is 35.5. The van der Waals surface area contributed by atoms with Gasteiger partial charge in [0.25, 0.3) is 0 Å². The van der Waals surface area contributed by atoms with Crippen molar-refractivity contribution in [1.29, 1.82) is 0 Å². The Morgan fingerprint density at radius 2 is 2.22 bits per heavy atom. The third-order valence-electron chi connectivity index (χ3n) is 3.37. The minimum Gasteiger partial charge on any atom is -0.315 e. The van der Waals surface area contributed by atoms with Crippen molar-refractivity contribution in [3.05, 3.63) is 28.6 Å². The molecule has 0 amide bonds. The normalized spacial score (nSPS) is 15.9. The molecule has 0 aromatic carbocycles. The first-order valence-electron chi connectivity index (χ1n) is 5.92. The highest BCUT2D eigenvalue weighted by Crippen LogP contribution is 2.22. The fourth-order valence-corrected chi connectivity index (χ4v) is 2.56. The molecule has 6 nitrogen and oxygen atoms in total. The van der Waals surface area contributed by atoms with Crippen LogP contribution in [0.2, 0.25) is 5.15 Å². The summed E-state index contributed by atoms with van der Waals surface area (Å²) >= 11 is 6.25. The molecule has 2 aromatic rings. The van der Waals surface area contributed by atoms with Crippen molar-refractivity contribution in [2.24, 2.45) is 7.05 Å². The highest BCUT2D eigenvalue weighted by molar-refractivity contribution is 6.30. The molecule has 3 rings (SSSR count). The average Bonchev–Trinajstić information content (AvgIpc) is 2.89. The van der Waals surface area contributed by atoms with Gasteiger partial charge in [-0.3, -0.25) is 9.58 Å². The predicted octanol–water partition coefficient (Wildman–Crippen LogP) is 0.989. The van der Waals surface area contributed by atoms with Crippen molar-refractivity contribution >= 4 is 11.6 Å². The molecule has 0 saturated heterocycles. The molecular formula is C11H15ClN6. The second kappa shape index (κ2) is 4.37. The summed E-state index contributed by atoms with van der Waals surface area (Å²) in [4.78, 5) is 2.32. The maximum Gasteiger partial charge on any atom is 0.147 e. The van der Waals surface area contributed by atoms with Crippen LogP contribution in [0.1, 0.15) is 17.1 Å². The van der Waals surface area contributed by atoms with E-state index in [-0.39, 0.29) is 0 Å². The minimum absolute atomic E-state index is 0.722. The minimum atomic E-state index is 0.722. The van der Waals surface area contributed by atoms with Gasteiger partial charge in [-0.1, -0.05) is 11.6 Å². The van der Waals surface area contributed by atoms with Crippen LogP contribution in [0.15, 0.2) is 6.33 Å². The summed E-state index contributed by atoms with van der Waals surface area (Å²) < 4.78 is 3.81. The van der Waals surface area contributed by atoms with Gasteiger partial charge in [-0.2, -0.15) is 5.10 Å². The van der Waals surface area contributed by atoms with Gasteiger partial charge in [0.05, 0.1) is 12.2 Å². The zero-order valence-corrected chi connectivity index (χ0v) is 11.2. The van der Waals surface area contributed by atoms with Crippen LogP contribution in [0.5, 0.6) is 0 Å². The summed E-state index contributed by atoms with van der Waals surface area (Å²) in [5.41, 5.74) is 2.10. The van der Waals surface area contributed by atoms with E-state index in [0.29, 0.717) is 0 Å². The van der Waals surface area contributed by atoms with Gasteiger partial charge >= 0.3 is 0 Å². The van der Waals surface area contributed by atoms with Crippen LogP contribution in [-0.2, 0) is 26.7 Å². The molecule has 0 unspecified atom stereocenters. The van der Waals surface area contributed by atoms with E-state index in [4.69, 9.17) is 11.6 Å². The summed E-state index contributed by atoms with van der Waals surface area (Å²) in [5, 5.41) is 13.1. The monoisotopic (exact) mass is 266 g/mol. The quantitative estimate of drug-likeness (QED) is 0.813. The highest BCUT2D eigenvalue weighted by Gasteiger charge is 2.20. The van der Waals surface area contributed by atoms with Crippen molar-refractivity contribution in [3.63, 3.8) is 0 Å². The standard InChI is InChI=1S/C11H15ClN6/c1-8-9(11(12)16(2)15-8)5-17-3-4-18-7-13-14-10(18)6-17/h7H,3-6H2,1-2H3. The Balaban J connectivity index is 1.78. The fourth-order valence-electron chi connectivity index (χ4n) is 2.33. The first kappa shape index (κ1) is 11.7. The second-order valence-electron chi connectivity index (χ2n) is 4.63. The van der Waals surface area contributed by atoms with Gasteiger partial charge in [0.1, 0.15) is 17.3 Å². The van der Waals surface area contributed by atoms with E-state index in [2.05, 4.69) is 24.8 Å². The van der Waals surface area contributed by atoms with Gasteiger partial charge in [-0.25, -0.2) is 0 Å². The van der Waals surface area contributed by atoms with E-state index in [1.54, 1.807) is 11.0 Å². The van der Waals surface area contributed by atoms with Crippen LogP contribution >= 0.6 is 11.6 Å². The Kier molecular flexibility index (Phi) is 2.83. The van der Waals surface area contributed by atoms with Gasteiger partial charge in [-0.15, -0.1) is 10.2 Å². The molecule has 0 spiro atoms. The number of aromatic nitrogens is 5. The van der Waals surface area contributed by atoms with Crippen LogP contribution in [0, 0.1) is 6.92 Å². The Morgan fingerprint density at radius 1 is 1.39 bits per heavy atom. The molecule has 0 fully saturated rings. The molecular weight excluding hydrogens is 252 g/mol. The molecule has 2 aromatic heterocycles. The lowest BCUT2D eigenvalue weighted by molar-refractivity contribution is 0.208. The molecule has 1 aliphatic heterocycles. The second-order valence-corrected chi connectivity index (χ2v) is 4.99. The molecule has 0 radical (unpaired) electrons. The number of rotatable bonds is 2. The summed E-state index contributed by atoms with van der Waals surface area (Å²) in [6, 6.07) is 0. The third-order valence-corrected chi connectivity index (χ3v) is 3.84. The van der Waals surface area contributed by atoms with E-state index >= 15 is 0 Å². The van der Waals surface area contributed by atoms with Crippen molar-refractivity contribution in [3.8, 4) is 0 Å². The molecule has 0 N–H and O–H groups in total. The van der Waals surface area contributed by atoms with E-state index in [0.717, 1.165) is 48.4 Å². The van der Waals surface area contributed by atoms with Crippen LogP contribution in [0.4, 0.5) is 0 Å². The number of fused-ring (bicyclic) bond motifs is 1. The number of hydrogen-bond acceptors (Lipinski definition) is 4. The average molecular weight is 267 g/mol. The zero-order valence-electron chi connectivity index (χ0n) is 10.5. The van der Waals surface area contributed by atoms with Crippen LogP contribution in [0.3, 0.4) is 0 Å². The molecule has 0 bridgehead atoms. The predicted molar refractivity (Wildman–Crippen MR) is 67.1 cm³/mol. The number of nitrogens with zero attached hydrogens (tertiary/aromatic N) is 6. The Bertz CT molecular complexity index is 572. The van der Waals surface area contributed by atoms with Gasteiger partial charge in [0, 0.05) is 32.2 Å². The SMILES string of the molecule is Cc1nn(C)c(Cl)c1CN1CCn2cnnc2C1. The topological polar surface area (TPSA) is 51.8 Å². The summed E-state index contributed by atoms with van der Waals surface area (Å²) in [6.07, 6.45) is 1.79. The first-order chi connectivity index (χ1) is 8.65. The van der Waals surface area contributed by atoms with Gasteiger partial charge in [0.2, 0.25) is 0 Å². The number of hydrogen-bond donors (Lipinski definition) is 0. The third kappa shape index (κ3) is 1.91. The van der Waals surface area contributed by atoms with E-state index in [1.165, 1.54) is 0 Å². The van der Waals surface area contributed by atoms with Crippen molar-refractivity contribution in [2.45, 2.75) is 26.6 Å². The summed E-state index contributed by atoms with van der Waals surface area (Å²) in [5.74, 6) is 1.01. The Hall–Kier alpha value is -1.40. The lowest BCUT2D eigenvalue weighted by Gasteiger charge is -2.26. The molecule has 7 heteroatoms. The van der Waals surface area contributed by atoms with Crippen LogP contribution in [-0.4, -0.2) is 36.0 Å². The summed E-state index contributed by atoms with van der Waals surface area (Å²) in [7, 11) is 1.87.